The zero-order valence-electron chi connectivity index (χ0n) is 19.8. The lowest BCUT2D eigenvalue weighted by atomic mass is 10.2. The monoisotopic (exact) mass is 555 g/mol. The van der Waals surface area contributed by atoms with Gasteiger partial charge in [-0.3, -0.25) is 14.9 Å². The molecule has 0 fully saturated rings. The van der Waals surface area contributed by atoms with E-state index in [1.54, 1.807) is 42.8 Å². The number of amides is 2. The highest BCUT2D eigenvalue weighted by Gasteiger charge is 2.15. The van der Waals surface area contributed by atoms with Crippen LogP contribution in [-0.4, -0.2) is 23.8 Å². The molecular weight excluding hydrogens is 533 g/mol. The molecule has 37 heavy (non-hydrogen) atoms. The smallest absolute Gasteiger partial charge is 0.257 e. The third-order valence-corrected chi connectivity index (χ3v) is 6.78. The van der Waals surface area contributed by atoms with E-state index >= 15 is 0 Å². The van der Waals surface area contributed by atoms with Gasteiger partial charge in [0.2, 0.25) is 5.91 Å². The van der Waals surface area contributed by atoms with Crippen LogP contribution < -0.4 is 20.1 Å². The molecule has 0 saturated heterocycles. The first-order chi connectivity index (χ1) is 17.9. The van der Waals surface area contributed by atoms with E-state index in [1.807, 2.05) is 36.4 Å². The quantitative estimate of drug-likeness (QED) is 0.245. The molecule has 4 rings (SSSR count). The third-order valence-electron chi connectivity index (χ3n) is 5.24. The van der Waals surface area contributed by atoms with Gasteiger partial charge in [0.05, 0.1) is 12.1 Å². The zero-order valence-corrected chi connectivity index (χ0v) is 22.1. The Morgan fingerprint density at radius 3 is 2.00 bits per heavy atom. The Balaban J connectivity index is 1.53. The molecule has 3 aromatic carbocycles. The Hall–Kier alpha value is -3.59. The van der Waals surface area contributed by atoms with Crippen LogP contribution in [0.5, 0.6) is 11.5 Å². The van der Waals surface area contributed by atoms with Gasteiger partial charge in [-0.1, -0.05) is 59.6 Å². The van der Waals surface area contributed by atoms with Crippen molar-refractivity contribution in [1.82, 2.24) is 10.3 Å². The van der Waals surface area contributed by atoms with E-state index in [9.17, 15) is 9.59 Å². The van der Waals surface area contributed by atoms with Crippen LogP contribution in [0.25, 0.3) is 0 Å². The minimum atomic E-state index is -0.397. The third kappa shape index (κ3) is 7.45. The average molecular weight is 556 g/mol. The Morgan fingerprint density at radius 1 is 0.892 bits per heavy atom. The standard InChI is InChI=1S/C27H23Cl2N3O4S/c1-30-25(33)12-20-16-37-27(31-20)32-26(34)19-10-21(35-14-17-6-2-4-8-23(17)28)13-22(11-19)36-15-18-7-3-5-9-24(18)29/h2-11,13,16H,12,14-15H2,1H3,(H,30,33)(H,31,32,34). The summed E-state index contributed by atoms with van der Waals surface area (Å²) in [7, 11) is 1.56. The van der Waals surface area contributed by atoms with E-state index in [4.69, 9.17) is 32.7 Å². The van der Waals surface area contributed by atoms with Crippen LogP contribution in [0.15, 0.2) is 72.1 Å². The van der Waals surface area contributed by atoms with Crippen molar-refractivity contribution in [3.05, 3.63) is 105 Å². The molecule has 2 N–H and O–H groups in total. The van der Waals surface area contributed by atoms with Gasteiger partial charge in [-0.2, -0.15) is 0 Å². The molecule has 0 aliphatic heterocycles. The molecule has 190 valence electrons. The summed E-state index contributed by atoms with van der Waals surface area (Å²) >= 11 is 13.8. The fourth-order valence-electron chi connectivity index (χ4n) is 3.29. The number of nitrogens with one attached hydrogen (secondary N) is 2. The van der Waals surface area contributed by atoms with Gasteiger partial charge in [0.25, 0.3) is 5.91 Å². The van der Waals surface area contributed by atoms with Crippen LogP contribution in [0.2, 0.25) is 10.0 Å². The minimum Gasteiger partial charge on any atom is -0.489 e. The van der Waals surface area contributed by atoms with Crippen molar-refractivity contribution in [1.29, 1.82) is 0 Å². The molecule has 0 radical (unpaired) electrons. The van der Waals surface area contributed by atoms with Crippen molar-refractivity contribution in [3.8, 4) is 11.5 Å². The van der Waals surface area contributed by atoms with Crippen LogP contribution in [0.4, 0.5) is 5.13 Å². The number of rotatable bonds is 10. The number of hydrogen-bond acceptors (Lipinski definition) is 6. The van der Waals surface area contributed by atoms with Crippen molar-refractivity contribution < 1.29 is 19.1 Å². The highest BCUT2D eigenvalue weighted by Crippen LogP contribution is 2.28. The van der Waals surface area contributed by atoms with Crippen molar-refractivity contribution in [2.45, 2.75) is 19.6 Å². The van der Waals surface area contributed by atoms with Crippen LogP contribution in [-0.2, 0) is 24.4 Å². The lowest BCUT2D eigenvalue weighted by Gasteiger charge is -2.13. The number of nitrogens with zero attached hydrogens (tertiary/aromatic N) is 1. The molecule has 0 bridgehead atoms. The van der Waals surface area contributed by atoms with E-state index in [0.717, 1.165) is 11.1 Å². The second kappa shape index (κ2) is 12.6. The molecule has 0 aliphatic carbocycles. The van der Waals surface area contributed by atoms with E-state index in [0.29, 0.717) is 37.9 Å². The van der Waals surface area contributed by atoms with Gasteiger partial charge in [-0.05, 0) is 24.3 Å². The summed E-state index contributed by atoms with van der Waals surface area (Å²) < 4.78 is 11.9. The van der Waals surface area contributed by atoms with E-state index in [1.165, 1.54) is 11.3 Å². The molecule has 2 amide bonds. The predicted molar refractivity (Wildman–Crippen MR) is 146 cm³/mol. The summed E-state index contributed by atoms with van der Waals surface area (Å²) in [6.07, 6.45) is 0.133. The second-order valence-corrected chi connectivity index (χ2v) is 9.57. The molecule has 0 atom stereocenters. The summed E-state index contributed by atoms with van der Waals surface area (Å²) in [5.41, 5.74) is 2.50. The highest BCUT2D eigenvalue weighted by molar-refractivity contribution is 7.14. The van der Waals surface area contributed by atoms with Gasteiger partial charge in [0.1, 0.15) is 24.7 Å². The van der Waals surface area contributed by atoms with Gasteiger partial charge >= 0.3 is 0 Å². The Labute approximate surface area is 228 Å². The van der Waals surface area contributed by atoms with Gasteiger partial charge < -0.3 is 14.8 Å². The van der Waals surface area contributed by atoms with E-state index in [2.05, 4.69) is 15.6 Å². The average Bonchev–Trinajstić information content (AvgIpc) is 3.34. The number of benzene rings is 3. The van der Waals surface area contributed by atoms with Crippen molar-refractivity contribution in [2.24, 2.45) is 0 Å². The van der Waals surface area contributed by atoms with Gasteiger partial charge in [0.15, 0.2) is 5.13 Å². The number of anilines is 1. The molecule has 10 heteroatoms. The van der Waals surface area contributed by atoms with E-state index < -0.39 is 5.91 Å². The summed E-state index contributed by atoms with van der Waals surface area (Å²) in [5.74, 6) is 0.306. The lowest BCUT2D eigenvalue weighted by Crippen LogP contribution is -2.20. The molecule has 0 unspecified atom stereocenters. The number of carbonyl (C=O) groups is 2. The van der Waals surface area contributed by atoms with Crippen molar-refractivity contribution >= 4 is 51.5 Å². The van der Waals surface area contributed by atoms with Crippen LogP contribution in [0, 0.1) is 0 Å². The summed E-state index contributed by atoms with van der Waals surface area (Å²) in [6, 6.07) is 19.7. The molecule has 1 heterocycles. The maximum atomic E-state index is 13.1. The molecule has 1 aromatic heterocycles. The number of halogens is 2. The Kier molecular flexibility index (Phi) is 9.00. The summed E-state index contributed by atoms with van der Waals surface area (Å²) in [6.45, 7) is 0.425. The van der Waals surface area contributed by atoms with Crippen LogP contribution in [0.3, 0.4) is 0 Å². The predicted octanol–water partition coefficient (Wildman–Crippen LogP) is 6.15. The zero-order chi connectivity index (χ0) is 26.2. The van der Waals surface area contributed by atoms with E-state index in [-0.39, 0.29) is 25.5 Å². The number of carbonyl (C=O) groups excluding carboxylic acids is 2. The Bertz CT molecular complexity index is 1340. The summed E-state index contributed by atoms with van der Waals surface area (Å²) in [4.78, 5) is 29.0. The molecule has 4 aromatic rings. The topological polar surface area (TPSA) is 89.6 Å². The SMILES string of the molecule is CNC(=O)Cc1csc(NC(=O)c2cc(OCc3ccccc3Cl)cc(OCc3ccccc3Cl)c2)n1. The summed E-state index contributed by atoms with van der Waals surface area (Å²) in [5, 5.41) is 8.60. The fraction of sp³-hybridized carbons (Fsp3) is 0.148. The van der Waals surface area contributed by atoms with Crippen LogP contribution >= 0.6 is 34.5 Å². The largest absolute Gasteiger partial charge is 0.489 e. The first-order valence-electron chi connectivity index (χ1n) is 11.2. The van der Waals surface area contributed by atoms with Crippen molar-refractivity contribution in [3.63, 3.8) is 0 Å². The number of ether oxygens (including phenoxy) is 2. The van der Waals surface area contributed by atoms with Crippen LogP contribution in [0.1, 0.15) is 27.2 Å². The number of thiazole rings is 1. The van der Waals surface area contributed by atoms with Gasteiger partial charge in [-0.25, -0.2) is 4.98 Å². The Morgan fingerprint density at radius 2 is 1.46 bits per heavy atom. The van der Waals surface area contributed by atoms with Gasteiger partial charge in [-0.15, -0.1) is 11.3 Å². The van der Waals surface area contributed by atoms with Crippen molar-refractivity contribution in [2.75, 3.05) is 12.4 Å². The molecule has 0 saturated carbocycles. The lowest BCUT2D eigenvalue weighted by molar-refractivity contribution is -0.120. The maximum Gasteiger partial charge on any atom is 0.257 e. The van der Waals surface area contributed by atoms with Gasteiger partial charge in [0, 0.05) is 45.2 Å². The fourth-order valence-corrected chi connectivity index (χ4v) is 4.38. The molecular formula is C27H23Cl2N3O4S. The first kappa shape index (κ1) is 26.5. The minimum absolute atomic E-state index is 0.133. The first-order valence-corrected chi connectivity index (χ1v) is 12.9. The second-order valence-electron chi connectivity index (χ2n) is 7.90. The molecule has 7 nitrogen and oxygen atoms in total. The highest BCUT2D eigenvalue weighted by atomic mass is 35.5. The number of likely N-dealkylation sites (N-methyl/N-ethyl adjacent to an activating group) is 1. The normalized spacial score (nSPS) is 10.6. The number of hydrogen-bond donors (Lipinski definition) is 2. The molecule has 0 aliphatic rings. The maximum absolute atomic E-state index is 13.1. The number of aromatic nitrogens is 1. The molecule has 0 spiro atoms.